The summed E-state index contributed by atoms with van der Waals surface area (Å²) in [6.07, 6.45) is 1.10. The van der Waals surface area contributed by atoms with Crippen LogP contribution < -0.4 is 0 Å². The Labute approximate surface area is 271 Å². The molecule has 0 saturated carbocycles. The van der Waals surface area contributed by atoms with Gasteiger partial charge in [-0.05, 0) is 95.6 Å². The third-order valence-electron chi connectivity index (χ3n) is 9.85. The highest BCUT2D eigenvalue weighted by molar-refractivity contribution is 7.94. The van der Waals surface area contributed by atoms with Crippen molar-refractivity contribution in [1.82, 2.24) is 9.55 Å². The fourth-order valence-electron chi connectivity index (χ4n) is 6.55. The van der Waals surface area contributed by atoms with Crippen LogP contribution in [0.15, 0.2) is 120 Å². The zero-order chi connectivity index (χ0) is 31.3. The van der Waals surface area contributed by atoms with Crippen LogP contribution in [0.25, 0.3) is 50.4 Å². The molecule has 0 spiro atoms. The Balaban J connectivity index is 1.19. The van der Waals surface area contributed by atoms with Crippen LogP contribution in [0.4, 0.5) is 0 Å². The van der Waals surface area contributed by atoms with Gasteiger partial charge in [0.2, 0.25) is 0 Å². The van der Waals surface area contributed by atoms with Crippen molar-refractivity contribution in [2.45, 2.75) is 63.9 Å². The number of nitrogens with zero attached hydrogens (tertiary/aromatic N) is 2. The Bertz CT molecular complexity index is 2000. The highest BCUT2D eigenvalue weighted by atomic mass is 32.2. The summed E-state index contributed by atoms with van der Waals surface area (Å²) >= 11 is 1.51. The normalized spacial score (nSPS) is 14.4. The van der Waals surface area contributed by atoms with Gasteiger partial charge in [0, 0.05) is 33.6 Å². The van der Waals surface area contributed by atoms with Crippen molar-refractivity contribution in [2.75, 3.05) is 0 Å². The molecule has 0 N–H and O–H groups in total. The monoisotopic (exact) mass is 608 g/mol. The quantitative estimate of drug-likeness (QED) is 0.161. The fourth-order valence-corrected chi connectivity index (χ4v) is 7.31. The van der Waals surface area contributed by atoms with Gasteiger partial charge in [0.05, 0.1) is 16.6 Å². The van der Waals surface area contributed by atoms with E-state index in [-0.39, 0.29) is 11.0 Å². The second-order valence-corrected chi connectivity index (χ2v) is 14.1. The number of aromatic nitrogens is 2. The molecule has 1 atom stereocenters. The lowest BCUT2D eigenvalue weighted by atomic mass is 9.81. The van der Waals surface area contributed by atoms with Crippen molar-refractivity contribution in [3.05, 3.63) is 126 Å². The molecule has 4 heteroatoms. The number of imidazole rings is 1. The van der Waals surface area contributed by atoms with Crippen LogP contribution in [0.3, 0.4) is 0 Å². The molecule has 1 aliphatic carbocycles. The van der Waals surface area contributed by atoms with E-state index in [1.54, 1.807) is 0 Å². The molecule has 45 heavy (non-hydrogen) atoms. The SMILES string of the molecule is CCC(C)C(C)(C)OSc1ccc2c(c1)C(C)(C)c1cc(-c3ccc(-c4nc5ccccc5n4-c4ccccc4)cc3)ccc1-2. The predicted octanol–water partition coefficient (Wildman–Crippen LogP) is 11.5. The van der Waals surface area contributed by atoms with Crippen molar-refractivity contribution in [3.8, 4) is 39.3 Å². The minimum absolute atomic E-state index is 0.107. The first-order chi connectivity index (χ1) is 21.7. The molecule has 0 saturated heterocycles. The molecule has 0 aliphatic heterocycles. The van der Waals surface area contributed by atoms with Crippen LogP contribution in [0, 0.1) is 5.92 Å². The van der Waals surface area contributed by atoms with Gasteiger partial charge in [-0.2, -0.15) is 0 Å². The van der Waals surface area contributed by atoms with E-state index in [0.29, 0.717) is 5.92 Å². The number of hydrogen-bond donors (Lipinski definition) is 0. The number of hydrogen-bond acceptors (Lipinski definition) is 3. The molecular weight excluding hydrogens is 569 g/mol. The average Bonchev–Trinajstić information content (AvgIpc) is 3.56. The average molecular weight is 609 g/mol. The Morgan fingerprint density at radius 1 is 0.756 bits per heavy atom. The summed E-state index contributed by atoms with van der Waals surface area (Å²) in [5, 5.41) is 0. The van der Waals surface area contributed by atoms with Crippen LogP contribution in [0.2, 0.25) is 0 Å². The first kappa shape index (κ1) is 29.6. The summed E-state index contributed by atoms with van der Waals surface area (Å²) in [6, 6.07) is 41.5. The second kappa shape index (κ2) is 11.3. The Morgan fingerprint density at radius 3 is 2.11 bits per heavy atom. The largest absolute Gasteiger partial charge is 0.304 e. The molecule has 5 aromatic carbocycles. The van der Waals surface area contributed by atoms with Crippen molar-refractivity contribution in [2.24, 2.45) is 5.92 Å². The van der Waals surface area contributed by atoms with E-state index in [4.69, 9.17) is 9.17 Å². The summed E-state index contributed by atoms with van der Waals surface area (Å²) in [6.45, 7) is 13.6. The van der Waals surface area contributed by atoms with E-state index < -0.39 is 0 Å². The minimum Gasteiger partial charge on any atom is -0.304 e. The molecule has 1 heterocycles. The van der Waals surface area contributed by atoms with Gasteiger partial charge in [-0.15, -0.1) is 0 Å². The number of para-hydroxylation sites is 3. The highest BCUT2D eigenvalue weighted by Crippen LogP contribution is 2.51. The summed E-state index contributed by atoms with van der Waals surface area (Å²) in [5.74, 6) is 1.43. The molecule has 3 nitrogen and oxygen atoms in total. The summed E-state index contributed by atoms with van der Waals surface area (Å²) in [7, 11) is 0. The number of fused-ring (bicyclic) bond motifs is 4. The van der Waals surface area contributed by atoms with Crippen molar-refractivity contribution >= 4 is 23.1 Å². The molecular formula is C41H40N2OS. The third-order valence-corrected chi connectivity index (χ3v) is 10.8. The van der Waals surface area contributed by atoms with E-state index in [2.05, 4.69) is 155 Å². The lowest BCUT2D eigenvalue weighted by molar-refractivity contribution is 0.0736. The summed E-state index contributed by atoms with van der Waals surface area (Å²) < 4.78 is 8.60. The van der Waals surface area contributed by atoms with E-state index >= 15 is 0 Å². The summed E-state index contributed by atoms with van der Waals surface area (Å²) in [4.78, 5) is 6.21. The molecule has 0 fully saturated rings. The van der Waals surface area contributed by atoms with Crippen molar-refractivity contribution in [1.29, 1.82) is 0 Å². The van der Waals surface area contributed by atoms with Gasteiger partial charge < -0.3 is 4.18 Å². The third kappa shape index (κ3) is 5.20. The van der Waals surface area contributed by atoms with Crippen LogP contribution in [-0.4, -0.2) is 15.2 Å². The van der Waals surface area contributed by atoms with E-state index in [1.165, 1.54) is 45.4 Å². The minimum atomic E-state index is -0.185. The van der Waals surface area contributed by atoms with Gasteiger partial charge in [-0.1, -0.05) is 107 Å². The number of rotatable bonds is 8. The topological polar surface area (TPSA) is 27.1 Å². The summed E-state index contributed by atoms with van der Waals surface area (Å²) in [5.41, 5.74) is 11.8. The van der Waals surface area contributed by atoms with E-state index in [1.807, 2.05) is 6.07 Å². The van der Waals surface area contributed by atoms with Gasteiger partial charge in [0.15, 0.2) is 0 Å². The Kier molecular flexibility index (Phi) is 7.46. The number of benzene rings is 5. The Morgan fingerprint density at radius 2 is 1.38 bits per heavy atom. The van der Waals surface area contributed by atoms with E-state index in [0.717, 1.165) is 39.4 Å². The van der Waals surface area contributed by atoms with Gasteiger partial charge in [0.25, 0.3) is 0 Å². The predicted molar refractivity (Wildman–Crippen MR) is 190 cm³/mol. The first-order valence-electron chi connectivity index (χ1n) is 16.0. The smallest absolute Gasteiger partial charge is 0.145 e. The van der Waals surface area contributed by atoms with Gasteiger partial charge in [0.1, 0.15) is 5.82 Å². The van der Waals surface area contributed by atoms with Crippen molar-refractivity contribution in [3.63, 3.8) is 0 Å². The van der Waals surface area contributed by atoms with Crippen LogP contribution in [0.5, 0.6) is 0 Å². The van der Waals surface area contributed by atoms with Gasteiger partial charge in [-0.25, -0.2) is 4.98 Å². The highest BCUT2D eigenvalue weighted by Gasteiger charge is 2.36. The molecule has 7 rings (SSSR count). The maximum Gasteiger partial charge on any atom is 0.145 e. The molecule has 0 amide bonds. The zero-order valence-corrected chi connectivity index (χ0v) is 27.8. The second-order valence-electron chi connectivity index (χ2n) is 13.3. The van der Waals surface area contributed by atoms with Gasteiger partial charge >= 0.3 is 0 Å². The van der Waals surface area contributed by atoms with Crippen LogP contribution in [0.1, 0.15) is 59.1 Å². The zero-order valence-electron chi connectivity index (χ0n) is 27.0. The van der Waals surface area contributed by atoms with Crippen molar-refractivity contribution < 1.29 is 4.18 Å². The maximum atomic E-state index is 6.35. The molecule has 1 unspecified atom stereocenters. The molecule has 1 aromatic heterocycles. The van der Waals surface area contributed by atoms with Gasteiger partial charge in [-0.3, -0.25) is 4.57 Å². The molecule has 0 radical (unpaired) electrons. The maximum absolute atomic E-state index is 6.35. The standard InChI is InChI=1S/C41H40N2OS/c1-7-27(2)41(5,6)44-45-32-22-24-34-33-23-21-30(25-35(33)40(3,4)36(34)26-32)28-17-19-29(20-18-28)39-42-37-15-11-12-16-38(37)43(39)31-13-9-8-10-14-31/h8-27H,7H2,1-6H3. The van der Waals surface area contributed by atoms with Crippen LogP contribution in [-0.2, 0) is 9.60 Å². The molecule has 0 bridgehead atoms. The Hall–Kier alpha value is -4.12. The lowest BCUT2D eigenvalue weighted by Crippen LogP contribution is -2.29. The van der Waals surface area contributed by atoms with E-state index in [9.17, 15) is 0 Å². The molecule has 6 aromatic rings. The lowest BCUT2D eigenvalue weighted by Gasteiger charge is -2.30. The molecule has 226 valence electrons. The molecule has 1 aliphatic rings. The fraction of sp³-hybridized carbons (Fsp3) is 0.244. The first-order valence-corrected chi connectivity index (χ1v) is 16.7. The van der Waals surface area contributed by atoms with Crippen LogP contribution >= 0.6 is 12.0 Å².